The Kier molecular flexibility index (Phi) is 5.80. The number of nitrogens with one attached hydrogen (secondary N) is 2. The predicted octanol–water partition coefficient (Wildman–Crippen LogP) is 3.83. The van der Waals surface area contributed by atoms with E-state index >= 15 is 0 Å². The zero-order valence-electron chi connectivity index (χ0n) is 14.9. The molecule has 0 saturated heterocycles. The monoisotopic (exact) mass is 334 g/mol. The van der Waals surface area contributed by atoms with E-state index in [-0.39, 0.29) is 5.57 Å². The molecule has 0 aliphatic heterocycles. The predicted molar refractivity (Wildman–Crippen MR) is 103 cm³/mol. The lowest BCUT2D eigenvalue weighted by molar-refractivity contribution is -0.112. The Labute approximate surface area is 148 Å². The third-order valence-corrected chi connectivity index (χ3v) is 3.96. The Morgan fingerprint density at radius 2 is 1.88 bits per heavy atom. The number of benzene rings is 2. The number of nitriles is 1. The fourth-order valence-electron chi connectivity index (χ4n) is 2.25. The number of anilines is 3. The number of aryl methyl sites for hydroxylation is 1. The molecule has 0 unspecified atom stereocenters. The van der Waals surface area contributed by atoms with E-state index in [2.05, 4.69) is 10.6 Å². The van der Waals surface area contributed by atoms with Gasteiger partial charge in [-0.25, -0.2) is 0 Å². The highest BCUT2D eigenvalue weighted by atomic mass is 16.1. The summed E-state index contributed by atoms with van der Waals surface area (Å²) in [5.41, 5.74) is 4.62. The van der Waals surface area contributed by atoms with Crippen LogP contribution >= 0.6 is 0 Å². The van der Waals surface area contributed by atoms with Gasteiger partial charge in [-0.05, 0) is 49.2 Å². The Bertz CT molecular complexity index is 847. The van der Waals surface area contributed by atoms with Gasteiger partial charge in [0.25, 0.3) is 5.91 Å². The second kappa shape index (κ2) is 8.02. The number of carbonyl (C=O) groups excluding carboxylic acids is 1. The molecule has 2 N–H and O–H groups in total. The van der Waals surface area contributed by atoms with Gasteiger partial charge < -0.3 is 15.5 Å². The lowest BCUT2D eigenvalue weighted by Gasteiger charge is -2.13. The second-order valence-electron chi connectivity index (χ2n) is 5.96. The van der Waals surface area contributed by atoms with Crippen LogP contribution in [0.5, 0.6) is 0 Å². The van der Waals surface area contributed by atoms with Crippen LogP contribution in [0.3, 0.4) is 0 Å². The maximum atomic E-state index is 12.4. The largest absolute Gasteiger partial charge is 0.378 e. The minimum absolute atomic E-state index is 0.0103. The number of amides is 1. The van der Waals surface area contributed by atoms with Gasteiger partial charge in [0.2, 0.25) is 0 Å². The Hall–Kier alpha value is -3.26. The fraction of sp³-hybridized carbons (Fsp3) is 0.200. The number of carbonyl (C=O) groups is 1. The molecule has 5 heteroatoms. The normalized spacial score (nSPS) is 10.8. The molecular formula is C20H22N4O. The molecule has 0 heterocycles. The average molecular weight is 334 g/mol. The van der Waals surface area contributed by atoms with Crippen LogP contribution in [0.4, 0.5) is 17.1 Å². The van der Waals surface area contributed by atoms with Gasteiger partial charge in [0.15, 0.2) is 0 Å². The van der Waals surface area contributed by atoms with Gasteiger partial charge in [0.1, 0.15) is 11.6 Å². The molecule has 0 radical (unpaired) electrons. The van der Waals surface area contributed by atoms with Crippen LogP contribution in [0.15, 0.2) is 54.2 Å². The van der Waals surface area contributed by atoms with E-state index < -0.39 is 5.91 Å². The Balaban J connectivity index is 2.14. The van der Waals surface area contributed by atoms with Crippen molar-refractivity contribution in [1.29, 1.82) is 5.26 Å². The van der Waals surface area contributed by atoms with E-state index in [9.17, 15) is 10.1 Å². The molecule has 5 nitrogen and oxygen atoms in total. The minimum Gasteiger partial charge on any atom is -0.378 e. The van der Waals surface area contributed by atoms with E-state index in [1.54, 1.807) is 0 Å². The summed E-state index contributed by atoms with van der Waals surface area (Å²) >= 11 is 0. The molecular weight excluding hydrogens is 312 g/mol. The minimum atomic E-state index is -0.438. The molecule has 0 bridgehead atoms. The van der Waals surface area contributed by atoms with Crippen molar-refractivity contribution >= 4 is 23.0 Å². The van der Waals surface area contributed by atoms with Crippen molar-refractivity contribution in [2.45, 2.75) is 13.8 Å². The van der Waals surface area contributed by atoms with Crippen LogP contribution in [0.25, 0.3) is 0 Å². The van der Waals surface area contributed by atoms with E-state index in [0.717, 1.165) is 22.5 Å². The topological polar surface area (TPSA) is 68.2 Å². The van der Waals surface area contributed by atoms with Gasteiger partial charge in [-0.3, -0.25) is 4.79 Å². The highest BCUT2D eigenvalue weighted by Crippen LogP contribution is 2.19. The molecule has 0 aliphatic carbocycles. The number of hydrogen-bond acceptors (Lipinski definition) is 4. The maximum Gasteiger partial charge on any atom is 0.267 e. The summed E-state index contributed by atoms with van der Waals surface area (Å²) in [6.45, 7) is 3.91. The second-order valence-corrected chi connectivity index (χ2v) is 5.96. The summed E-state index contributed by atoms with van der Waals surface area (Å²) in [6.07, 6.45) is 1.43. The molecule has 0 spiro atoms. The van der Waals surface area contributed by atoms with Crippen LogP contribution in [0.1, 0.15) is 11.1 Å². The van der Waals surface area contributed by atoms with Gasteiger partial charge in [0, 0.05) is 37.4 Å². The third-order valence-electron chi connectivity index (χ3n) is 3.96. The summed E-state index contributed by atoms with van der Waals surface area (Å²) in [6, 6.07) is 15.3. The Morgan fingerprint density at radius 1 is 1.16 bits per heavy atom. The van der Waals surface area contributed by atoms with Crippen LogP contribution < -0.4 is 15.5 Å². The van der Waals surface area contributed by atoms with Crippen molar-refractivity contribution < 1.29 is 4.79 Å². The molecule has 2 aromatic rings. The van der Waals surface area contributed by atoms with E-state index in [4.69, 9.17) is 0 Å². The molecule has 2 aromatic carbocycles. The van der Waals surface area contributed by atoms with Gasteiger partial charge >= 0.3 is 0 Å². The van der Waals surface area contributed by atoms with Crippen molar-refractivity contribution in [3.63, 3.8) is 0 Å². The summed E-state index contributed by atoms with van der Waals surface area (Å²) in [5.74, 6) is -0.438. The molecule has 0 aliphatic rings. The van der Waals surface area contributed by atoms with Crippen LogP contribution in [-0.2, 0) is 4.79 Å². The van der Waals surface area contributed by atoms with Gasteiger partial charge in [-0.1, -0.05) is 18.2 Å². The first-order valence-electron chi connectivity index (χ1n) is 7.94. The van der Waals surface area contributed by atoms with Gasteiger partial charge in [-0.2, -0.15) is 5.26 Å². The molecule has 0 saturated carbocycles. The molecule has 0 aromatic heterocycles. The molecule has 1 amide bonds. The molecule has 0 atom stereocenters. The fourth-order valence-corrected chi connectivity index (χ4v) is 2.25. The van der Waals surface area contributed by atoms with E-state index in [1.165, 1.54) is 6.20 Å². The molecule has 25 heavy (non-hydrogen) atoms. The summed E-state index contributed by atoms with van der Waals surface area (Å²) < 4.78 is 0. The quantitative estimate of drug-likeness (QED) is 0.644. The molecule has 128 valence electrons. The SMILES string of the molecule is Cc1cccc(NC(=O)/C(C#N)=C\Nc2cccc(N(C)C)c2)c1C. The molecule has 0 fully saturated rings. The standard InChI is InChI=1S/C20H22N4O/c1-14-7-5-10-19(15(14)2)23-20(25)16(12-21)13-22-17-8-6-9-18(11-17)24(3)4/h5-11,13,22H,1-4H3,(H,23,25)/b16-13-. The highest BCUT2D eigenvalue weighted by molar-refractivity contribution is 6.07. The zero-order valence-corrected chi connectivity index (χ0v) is 14.9. The zero-order chi connectivity index (χ0) is 18.4. The maximum absolute atomic E-state index is 12.4. The first-order chi connectivity index (χ1) is 11.9. The van der Waals surface area contributed by atoms with Crippen LogP contribution in [-0.4, -0.2) is 20.0 Å². The van der Waals surface area contributed by atoms with Crippen molar-refractivity contribution in [2.24, 2.45) is 0 Å². The summed E-state index contributed by atoms with van der Waals surface area (Å²) in [4.78, 5) is 14.3. The van der Waals surface area contributed by atoms with E-state index in [1.807, 2.05) is 81.4 Å². The number of rotatable bonds is 5. The van der Waals surface area contributed by atoms with Crippen molar-refractivity contribution in [2.75, 3.05) is 29.6 Å². The molecule has 2 rings (SSSR count). The smallest absolute Gasteiger partial charge is 0.267 e. The number of hydrogen-bond donors (Lipinski definition) is 2. The average Bonchev–Trinajstić information content (AvgIpc) is 2.59. The van der Waals surface area contributed by atoms with E-state index in [0.29, 0.717) is 5.69 Å². The summed E-state index contributed by atoms with van der Waals surface area (Å²) in [7, 11) is 3.90. The van der Waals surface area contributed by atoms with Gasteiger partial charge in [-0.15, -0.1) is 0 Å². The van der Waals surface area contributed by atoms with Crippen LogP contribution in [0.2, 0.25) is 0 Å². The first-order valence-corrected chi connectivity index (χ1v) is 7.94. The lowest BCUT2D eigenvalue weighted by atomic mass is 10.1. The summed E-state index contributed by atoms with van der Waals surface area (Å²) in [5, 5.41) is 15.1. The van der Waals surface area contributed by atoms with Gasteiger partial charge in [0.05, 0.1) is 0 Å². The van der Waals surface area contributed by atoms with Crippen molar-refractivity contribution in [1.82, 2.24) is 0 Å². The van der Waals surface area contributed by atoms with Crippen LogP contribution in [0, 0.1) is 25.2 Å². The van der Waals surface area contributed by atoms with Crippen molar-refractivity contribution in [3.8, 4) is 6.07 Å². The highest BCUT2D eigenvalue weighted by Gasteiger charge is 2.11. The van der Waals surface area contributed by atoms with Crippen molar-refractivity contribution in [3.05, 3.63) is 65.4 Å². The lowest BCUT2D eigenvalue weighted by Crippen LogP contribution is -2.15. The first kappa shape index (κ1) is 18.1. The Morgan fingerprint density at radius 3 is 2.56 bits per heavy atom. The third kappa shape index (κ3) is 4.61. The number of nitrogens with zero attached hydrogens (tertiary/aromatic N) is 2.